The van der Waals surface area contributed by atoms with Crippen LogP contribution in [0.4, 0.5) is 9.59 Å². The minimum absolute atomic E-state index is 0.0719. The molecule has 13 atom stereocenters. The van der Waals surface area contributed by atoms with E-state index in [4.69, 9.17) is 14.2 Å². The monoisotopic (exact) mass is 1180 g/mol. The van der Waals surface area contributed by atoms with E-state index >= 15 is 4.79 Å². The lowest BCUT2D eigenvalue weighted by Crippen LogP contribution is -2.64. The van der Waals surface area contributed by atoms with Crippen molar-refractivity contribution in [1.29, 1.82) is 0 Å². The summed E-state index contributed by atoms with van der Waals surface area (Å²) >= 11 is 0. The van der Waals surface area contributed by atoms with Gasteiger partial charge in [-0.3, -0.25) is 28.8 Å². The number of nitrogens with zero attached hydrogens (tertiary/aromatic N) is 2. The lowest BCUT2D eigenvalue weighted by atomic mass is 9.98. The van der Waals surface area contributed by atoms with Crippen LogP contribution in [-0.4, -0.2) is 223 Å². The molecule has 27 nitrogen and oxygen atoms in total. The molecule has 458 valence electrons. The fourth-order valence-electron chi connectivity index (χ4n) is 10.8. The van der Waals surface area contributed by atoms with Crippen LogP contribution in [0.5, 0.6) is 11.5 Å². The number of phenols is 1. The number of aromatic hydroxyl groups is 1. The molecule has 1 aliphatic carbocycles. The number of ether oxygens (including phenoxy) is 3. The Labute approximate surface area is 484 Å². The molecular weight excluding hydrogens is 1100 g/mol. The highest BCUT2D eigenvalue weighted by atomic mass is 16.6. The van der Waals surface area contributed by atoms with Gasteiger partial charge in [0.25, 0.3) is 0 Å². The summed E-state index contributed by atoms with van der Waals surface area (Å²) in [5.74, 6) is -8.69. The standard InChI is InChI=1S/C57H76N8O19/c1-28-25-65-47(48(28)73)52(77)59-24-31(68)22-38(60-56(81)84-57(3,4)5)49(74)61-44(29(2)67)53(78)64-26-32(69)23-39(64)50(75)62-45(42(72)20-30-14-15-40(70)43(21-30)82-19-18-66)51(76)63-46(54(65)79)41(71)16-17-58-55(80)83-27-37-35-12-8-6-10-33(35)34-11-7-9-13-36(34)37/h6-15,21,28-29,31-32,37-39,41-42,44-48,66-73H,16-20,22-27H2,1-5H3,(H,58,80)(H,59,77)(H,60,81)(H,61,74)(H,62,75)(H,63,76)/t28-,29+,31+,32+,38?,39-,41+,42+,44-,45-,46-,47-,48-/m0/s1. The average Bonchev–Trinajstić information content (AvgIpc) is 2.40. The number of amides is 8. The number of aliphatic hydroxyl groups is 7. The van der Waals surface area contributed by atoms with E-state index in [1.807, 2.05) is 48.5 Å². The van der Waals surface area contributed by atoms with Crippen molar-refractivity contribution in [1.82, 2.24) is 41.7 Å². The highest BCUT2D eigenvalue weighted by molar-refractivity contribution is 5.98. The van der Waals surface area contributed by atoms with E-state index in [9.17, 15) is 74.4 Å². The van der Waals surface area contributed by atoms with Crippen LogP contribution in [0.3, 0.4) is 0 Å². The predicted octanol–water partition coefficient (Wildman–Crippen LogP) is -2.26. The van der Waals surface area contributed by atoms with E-state index in [-0.39, 0.29) is 49.3 Å². The topological polar surface area (TPSA) is 405 Å². The maximum absolute atomic E-state index is 15.1. The third-order valence-corrected chi connectivity index (χ3v) is 15.0. The van der Waals surface area contributed by atoms with Gasteiger partial charge in [-0.05, 0) is 74.1 Å². The SMILES string of the molecule is C[C@@H](O)[C@@H]1NC(=O)C(NC(=O)OC(C)(C)C)C[C@@H](O)CNC(=O)[C@@H]2[C@@H](O)[C@@H](C)CN2C(=O)[C@H]([C@H](O)CCNC(=O)OCC2c3ccccc3-c3ccccc32)NC(=O)[C@H]([C@H](O)Cc2ccc(O)c(OCCO)c2)NC(=O)[C@@H]2C[C@@H](O)CN2C1=O. The van der Waals surface area contributed by atoms with Crippen LogP contribution in [0.15, 0.2) is 66.7 Å². The smallest absolute Gasteiger partial charge is 0.408 e. The molecule has 27 heteroatoms. The third-order valence-electron chi connectivity index (χ3n) is 15.0. The molecule has 4 aliphatic rings. The number of aliphatic hydroxyl groups excluding tert-OH is 7. The highest BCUT2D eigenvalue weighted by Crippen LogP contribution is 2.44. The van der Waals surface area contributed by atoms with Crippen molar-refractivity contribution < 1.29 is 93.4 Å². The molecule has 0 radical (unpaired) electrons. The van der Waals surface area contributed by atoms with E-state index in [0.717, 1.165) is 39.0 Å². The summed E-state index contributed by atoms with van der Waals surface area (Å²) in [7, 11) is 0. The van der Waals surface area contributed by atoms with Crippen molar-refractivity contribution in [3.8, 4) is 22.6 Å². The van der Waals surface area contributed by atoms with Gasteiger partial charge >= 0.3 is 12.2 Å². The molecule has 3 aromatic carbocycles. The fourth-order valence-corrected chi connectivity index (χ4v) is 10.8. The fraction of sp³-hybridized carbons (Fsp3) is 0.544. The van der Waals surface area contributed by atoms with E-state index < -0.39 is 177 Å². The van der Waals surface area contributed by atoms with Crippen LogP contribution in [0.25, 0.3) is 11.1 Å². The number of β-amino-alcohol motifs (C(OH)–C–C–N with tert-alkyl or cyclic N) is 1. The minimum Gasteiger partial charge on any atom is -0.504 e. The largest absolute Gasteiger partial charge is 0.504 e. The van der Waals surface area contributed by atoms with Crippen molar-refractivity contribution in [3.63, 3.8) is 0 Å². The lowest BCUT2D eigenvalue weighted by Gasteiger charge is -2.34. The van der Waals surface area contributed by atoms with Gasteiger partial charge in [0, 0.05) is 57.3 Å². The molecule has 3 saturated heterocycles. The molecule has 3 aromatic rings. The van der Waals surface area contributed by atoms with Crippen molar-refractivity contribution in [2.75, 3.05) is 46.0 Å². The molecule has 0 aromatic heterocycles. The number of carbonyl (C=O) groups is 8. The number of hydrogen-bond acceptors (Lipinski definition) is 19. The Morgan fingerprint density at radius 1 is 0.750 bits per heavy atom. The van der Waals surface area contributed by atoms with E-state index in [0.29, 0.717) is 0 Å². The van der Waals surface area contributed by atoms with Gasteiger partial charge in [-0.25, -0.2) is 9.59 Å². The number of hydrogen-bond donors (Lipinski definition) is 14. The summed E-state index contributed by atoms with van der Waals surface area (Å²) in [6.07, 6.45) is -14.6. The Morgan fingerprint density at radius 2 is 1.38 bits per heavy atom. The summed E-state index contributed by atoms with van der Waals surface area (Å²) in [5.41, 5.74) is 2.96. The van der Waals surface area contributed by atoms with Gasteiger partial charge in [0.05, 0.1) is 43.2 Å². The number of phenolic OH excluding ortho intramolecular Hbond substituents is 1. The number of fused-ring (bicyclic) bond motifs is 5. The lowest BCUT2D eigenvalue weighted by molar-refractivity contribution is -0.147. The van der Waals surface area contributed by atoms with Crippen molar-refractivity contribution in [2.24, 2.45) is 5.92 Å². The van der Waals surface area contributed by atoms with Gasteiger partial charge in [0.2, 0.25) is 35.4 Å². The average molecular weight is 1180 g/mol. The van der Waals surface area contributed by atoms with E-state index in [1.165, 1.54) is 45.9 Å². The second kappa shape index (κ2) is 27.8. The van der Waals surface area contributed by atoms with Crippen LogP contribution >= 0.6 is 0 Å². The first-order valence-electron chi connectivity index (χ1n) is 27.8. The zero-order valence-electron chi connectivity index (χ0n) is 47.2. The molecule has 3 aliphatic heterocycles. The maximum Gasteiger partial charge on any atom is 0.408 e. The summed E-state index contributed by atoms with van der Waals surface area (Å²) < 4.78 is 16.4. The summed E-state index contributed by atoms with van der Waals surface area (Å²) in [6, 6.07) is 7.81. The molecule has 1 unspecified atom stereocenters. The second-order valence-electron chi connectivity index (χ2n) is 22.6. The third kappa shape index (κ3) is 15.6. The first-order chi connectivity index (χ1) is 39.8. The van der Waals surface area contributed by atoms with Crippen LogP contribution in [0.2, 0.25) is 0 Å². The summed E-state index contributed by atoms with van der Waals surface area (Å²) in [5, 5.41) is 103. The number of rotatable bonds is 14. The molecule has 3 fully saturated rings. The zero-order valence-corrected chi connectivity index (χ0v) is 47.2. The van der Waals surface area contributed by atoms with Crippen LogP contribution in [0, 0.1) is 5.92 Å². The van der Waals surface area contributed by atoms with Crippen molar-refractivity contribution in [2.45, 2.75) is 145 Å². The van der Waals surface area contributed by atoms with Crippen molar-refractivity contribution in [3.05, 3.63) is 83.4 Å². The molecule has 7 rings (SSSR count). The van der Waals surface area contributed by atoms with Gasteiger partial charge < -0.3 is 96.8 Å². The zero-order chi connectivity index (χ0) is 61.3. The number of nitrogens with one attached hydrogen (secondary N) is 6. The Kier molecular flexibility index (Phi) is 21.2. The molecule has 84 heavy (non-hydrogen) atoms. The van der Waals surface area contributed by atoms with E-state index in [2.05, 4.69) is 31.9 Å². The molecule has 0 bridgehead atoms. The van der Waals surface area contributed by atoms with Gasteiger partial charge in [-0.1, -0.05) is 61.5 Å². The van der Waals surface area contributed by atoms with E-state index in [1.54, 1.807) is 0 Å². The Bertz CT molecular complexity index is 2840. The molecule has 14 N–H and O–H groups in total. The van der Waals surface area contributed by atoms with Gasteiger partial charge in [-0.2, -0.15) is 0 Å². The van der Waals surface area contributed by atoms with Crippen LogP contribution < -0.4 is 36.6 Å². The number of alkyl carbamates (subject to hydrolysis) is 2. The first-order valence-corrected chi connectivity index (χ1v) is 27.8. The predicted molar refractivity (Wildman–Crippen MR) is 295 cm³/mol. The minimum atomic E-state index is -2.13. The number of benzene rings is 3. The van der Waals surface area contributed by atoms with Gasteiger partial charge in [-0.15, -0.1) is 0 Å². The first kappa shape index (κ1) is 63.9. The molecule has 8 amide bonds. The molecule has 0 spiro atoms. The van der Waals surface area contributed by atoms with Crippen molar-refractivity contribution >= 4 is 47.6 Å². The summed E-state index contributed by atoms with van der Waals surface area (Å²) in [4.78, 5) is 115. The van der Waals surface area contributed by atoms with Crippen LogP contribution in [0.1, 0.15) is 76.5 Å². The number of carbonyl (C=O) groups excluding carboxylic acids is 8. The molecule has 3 heterocycles. The summed E-state index contributed by atoms with van der Waals surface area (Å²) in [6.45, 7) is 4.48. The quantitative estimate of drug-likeness (QED) is 0.0810. The Morgan fingerprint density at radius 3 is 2.02 bits per heavy atom. The molecule has 0 saturated carbocycles. The highest BCUT2D eigenvalue weighted by Gasteiger charge is 2.50. The second-order valence-corrected chi connectivity index (χ2v) is 22.6. The van der Waals surface area contributed by atoms with Crippen LogP contribution in [-0.2, 0) is 44.7 Å². The Hall–Kier alpha value is -7.66. The molecular formula is C57H76N8O19. The normalized spacial score (nSPS) is 26.6. The Balaban J connectivity index is 1.22. The maximum atomic E-state index is 15.1. The van der Waals surface area contributed by atoms with Gasteiger partial charge in [0.15, 0.2) is 11.5 Å². The van der Waals surface area contributed by atoms with Gasteiger partial charge in [0.1, 0.15) is 55.1 Å².